The molecule has 0 N–H and O–H groups in total. The number of nitriles is 1. The van der Waals surface area contributed by atoms with Gasteiger partial charge in [0.25, 0.3) is 0 Å². The molecular weight excluding hydrogens is 565 g/mol. The summed E-state index contributed by atoms with van der Waals surface area (Å²) in [4.78, 5) is 24.1. The van der Waals surface area contributed by atoms with Gasteiger partial charge in [0.1, 0.15) is 30.0 Å². The number of ether oxygens (including phenoxy) is 2. The number of aromatic nitrogens is 1. The Bertz CT molecular complexity index is 1330. The zero-order valence-corrected chi connectivity index (χ0v) is 24.3. The Morgan fingerprint density at radius 2 is 2.00 bits per heavy atom. The monoisotopic (exact) mass is 599 g/mol. The number of carbonyl (C=O) groups is 1. The van der Waals surface area contributed by atoms with Crippen LogP contribution in [0, 0.1) is 11.3 Å². The number of fused-ring (bicyclic) bond motifs is 4. The lowest BCUT2D eigenvalue weighted by molar-refractivity contribution is 0.0123. The van der Waals surface area contributed by atoms with Crippen molar-refractivity contribution in [3.05, 3.63) is 28.2 Å². The molecule has 0 unspecified atom stereocenters. The van der Waals surface area contributed by atoms with E-state index in [4.69, 9.17) is 14.5 Å². The zero-order chi connectivity index (χ0) is 27.5. The molecule has 39 heavy (non-hydrogen) atoms. The topological polar surface area (TPSA) is 81.9 Å². The fourth-order valence-electron chi connectivity index (χ4n) is 7.08. The van der Waals surface area contributed by atoms with Crippen LogP contribution in [0.3, 0.4) is 0 Å². The van der Waals surface area contributed by atoms with Crippen molar-refractivity contribution in [2.45, 2.75) is 82.3 Å². The minimum Gasteiger partial charge on any atom is -0.475 e. The summed E-state index contributed by atoms with van der Waals surface area (Å²) in [5.74, 6) is 0.295. The molecule has 4 atom stereocenters. The van der Waals surface area contributed by atoms with E-state index >= 15 is 0 Å². The number of carbonyl (C=O) groups excluding carboxylic acids is 1. The Balaban J connectivity index is 1.34. The van der Waals surface area contributed by atoms with E-state index in [-0.39, 0.29) is 23.7 Å². The molecule has 4 aliphatic rings. The number of hydrogen-bond donors (Lipinski definition) is 0. The summed E-state index contributed by atoms with van der Waals surface area (Å²) in [5.41, 5.74) is 1.02. The predicted octanol–water partition coefficient (Wildman–Crippen LogP) is 5.41. The number of amides is 1. The second-order valence-electron chi connectivity index (χ2n) is 12.5. The van der Waals surface area contributed by atoms with E-state index in [0.717, 1.165) is 53.3 Å². The maximum absolute atomic E-state index is 14.4. The Morgan fingerprint density at radius 3 is 2.69 bits per heavy atom. The van der Waals surface area contributed by atoms with E-state index in [1.165, 1.54) is 0 Å². The van der Waals surface area contributed by atoms with Crippen molar-refractivity contribution in [3.63, 3.8) is 0 Å². The number of pyridine rings is 1. The van der Waals surface area contributed by atoms with Gasteiger partial charge in [-0.05, 0) is 71.2 Å². The molecule has 4 aliphatic heterocycles. The van der Waals surface area contributed by atoms with Gasteiger partial charge in [0.15, 0.2) is 0 Å². The quantitative estimate of drug-likeness (QED) is 0.464. The summed E-state index contributed by atoms with van der Waals surface area (Å²) >= 11 is 3.56. The van der Waals surface area contributed by atoms with Gasteiger partial charge in [-0.3, -0.25) is 9.80 Å². The van der Waals surface area contributed by atoms with E-state index in [1.807, 2.05) is 43.9 Å². The first-order chi connectivity index (χ1) is 18.6. The third-order valence-electron chi connectivity index (χ3n) is 8.64. The minimum absolute atomic E-state index is 0.000845. The summed E-state index contributed by atoms with van der Waals surface area (Å²) in [7, 11) is 0. The number of alkyl halides is 1. The van der Waals surface area contributed by atoms with Gasteiger partial charge in [-0.15, -0.1) is 0 Å². The highest BCUT2D eigenvalue weighted by atomic mass is 79.9. The normalized spacial score (nSPS) is 28.6. The number of nitrogens with zero attached hydrogens (tertiary/aromatic N) is 5. The molecule has 5 heterocycles. The molecule has 208 valence electrons. The Hall–Kier alpha value is -2.64. The first-order valence-electron chi connectivity index (χ1n) is 13.9. The van der Waals surface area contributed by atoms with Crippen molar-refractivity contribution in [2.75, 3.05) is 37.7 Å². The van der Waals surface area contributed by atoms with Crippen LogP contribution in [0.1, 0.15) is 58.4 Å². The highest BCUT2D eigenvalue weighted by molar-refractivity contribution is 9.10. The second kappa shape index (κ2) is 9.77. The molecule has 10 heteroatoms. The van der Waals surface area contributed by atoms with Crippen molar-refractivity contribution in [2.24, 2.45) is 0 Å². The molecule has 1 aromatic heterocycles. The molecule has 4 fully saturated rings. The SMILES string of the molecule is CC(C)(C)OC(=O)N1[C@@H]2CC[C@H]1CN(c1c(C#N)c(OC[C@@]34CCCN3C[C@H](F)C4)nc3cc(Br)ccc13)C2. The first kappa shape index (κ1) is 26.6. The summed E-state index contributed by atoms with van der Waals surface area (Å²) in [6.07, 6.45) is 3.03. The maximum atomic E-state index is 14.4. The van der Waals surface area contributed by atoms with Gasteiger partial charge in [0.05, 0.1) is 28.8 Å². The average Bonchev–Trinajstić information content (AvgIpc) is 3.47. The summed E-state index contributed by atoms with van der Waals surface area (Å²) < 4.78 is 27.3. The Kier molecular flexibility index (Phi) is 6.66. The summed E-state index contributed by atoms with van der Waals surface area (Å²) in [5, 5.41) is 11.3. The molecule has 1 aromatic carbocycles. The van der Waals surface area contributed by atoms with Gasteiger partial charge in [-0.2, -0.15) is 5.26 Å². The second-order valence-corrected chi connectivity index (χ2v) is 13.4. The van der Waals surface area contributed by atoms with Crippen LogP contribution in [-0.4, -0.2) is 83.1 Å². The number of benzene rings is 1. The molecule has 0 radical (unpaired) electrons. The number of halogens is 2. The Labute approximate surface area is 237 Å². The smallest absolute Gasteiger partial charge is 0.410 e. The number of anilines is 1. The average molecular weight is 601 g/mol. The van der Waals surface area contributed by atoms with Gasteiger partial charge >= 0.3 is 6.09 Å². The number of piperazine rings is 1. The van der Waals surface area contributed by atoms with Crippen LogP contribution in [0.4, 0.5) is 14.9 Å². The van der Waals surface area contributed by atoms with Crippen LogP contribution in [0.2, 0.25) is 0 Å². The van der Waals surface area contributed by atoms with E-state index in [9.17, 15) is 14.4 Å². The molecule has 0 aliphatic carbocycles. The molecule has 2 aromatic rings. The molecule has 4 saturated heterocycles. The molecule has 2 bridgehead atoms. The van der Waals surface area contributed by atoms with E-state index < -0.39 is 11.8 Å². The van der Waals surface area contributed by atoms with Gasteiger partial charge in [0, 0.05) is 35.9 Å². The molecule has 1 amide bonds. The summed E-state index contributed by atoms with van der Waals surface area (Å²) in [6, 6.07) is 8.26. The third-order valence-corrected chi connectivity index (χ3v) is 9.13. The first-order valence-corrected chi connectivity index (χ1v) is 14.7. The van der Waals surface area contributed by atoms with Crippen LogP contribution in [-0.2, 0) is 4.74 Å². The lowest BCUT2D eigenvalue weighted by atomic mass is 9.95. The molecule has 8 nitrogen and oxygen atoms in total. The van der Waals surface area contributed by atoms with Gasteiger partial charge in [0.2, 0.25) is 5.88 Å². The molecule has 6 rings (SSSR count). The van der Waals surface area contributed by atoms with Crippen molar-refractivity contribution in [1.29, 1.82) is 5.26 Å². The van der Waals surface area contributed by atoms with Crippen LogP contribution in [0.15, 0.2) is 22.7 Å². The van der Waals surface area contributed by atoms with Crippen molar-refractivity contribution in [3.8, 4) is 11.9 Å². The standard InChI is InChI=1S/C29H35BrFN5O3/c1-28(2,3)39-27(37)36-20-6-7-21(36)16-34(15-20)25-22-8-5-18(30)11-24(22)33-26(23(25)13-32)38-17-29-9-4-10-35(29)14-19(31)12-29/h5,8,11,19-21H,4,6-7,9-10,12,14-17H2,1-3H3/t19-,20-,21+,29+/m1/s1. The minimum atomic E-state index is -0.850. The fraction of sp³-hybridized carbons (Fsp3) is 0.621. The number of rotatable bonds is 4. The molecular formula is C29H35BrFN5O3. The van der Waals surface area contributed by atoms with Crippen LogP contribution in [0.5, 0.6) is 5.88 Å². The largest absolute Gasteiger partial charge is 0.475 e. The third kappa shape index (κ3) is 4.82. The van der Waals surface area contributed by atoms with Gasteiger partial charge < -0.3 is 14.4 Å². The van der Waals surface area contributed by atoms with E-state index in [0.29, 0.717) is 44.1 Å². The fourth-order valence-corrected chi connectivity index (χ4v) is 7.43. The molecule has 0 spiro atoms. The molecule has 0 saturated carbocycles. The lowest BCUT2D eigenvalue weighted by Crippen LogP contribution is -2.57. The van der Waals surface area contributed by atoms with Gasteiger partial charge in [-0.1, -0.05) is 15.9 Å². The zero-order valence-electron chi connectivity index (χ0n) is 22.8. The van der Waals surface area contributed by atoms with Crippen LogP contribution < -0.4 is 9.64 Å². The van der Waals surface area contributed by atoms with E-state index in [1.54, 1.807) is 0 Å². The van der Waals surface area contributed by atoms with E-state index in [2.05, 4.69) is 31.8 Å². The van der Waals surface area contributed by atoms with Crippen LogP contribution >= 0.6 is 15.9 Å². The summed E-state index contributed by atoms with van der Waals surface area (Å²) in [6.45, 7) is 8.48. The lowest BCUT2D eigenvalue weighted by Gasteiger charge is -2.42. The highest BCUT2D eigenvalue weighted by Crippen LogP contribution is 2.43. The van der Waals surface area contributed by atoms with Crippen molar-refractivity contribution in [1.82, 2.24) is 14.8 Å². The Morgan fingerprint density at radius 1 is 1.26 bits per heavy atom. The van der Waals surface area contributed by atoms with Gasteiger partial charge in [-0.25, -0.2) is 14.2 Å². The predicted molar refractivity (Wildman–Crippen MR) is 150 cm³/mol. The van der Waals surface area contributed by atoms with Crippen molar-refractivity contribution < 1.29 is 18.7 Å². The maximum Gasteiger partial charge on any atom is 0.410 e. The highest BCUT2D eigenvalue weighted by Gasteiger charge is 2.50. The number of hydrogen-bond acceptors (Lipinski definition) is 7. The van der Waals surface area contributed by atoms with Crippen molar-refractivity contribution >= 4 is 38.6 Å². The van der Waals surface area contributed by atoms with Crippen LogP contribution in [0.25, 0.3) is 10.9 Å².